The molecule has 4 nitrogen and oxygen atoms in total. The van der Waals surface area contributed by atoms with Gasteiger partial charge in [0.2, 0.25) is 12.7 Å². The van der Waals surface area contributed by atoms with Gasteiger partial charge in [0, 0.05) is 5.69 Å². The minimum absolute atomic E-state index is 0.0603. The molecule has 25 heavy (non-hydrogen) atoms. The number of carbonyl (C=O) groups excluding carboxylic acids is 1. The van der Waals surface area contributed by atoms with Crippen molar-refractivity contribution in [1.29, 1.82) is 0 Å². The second-order valence-electron chi connectivity index (χ2n) is 7.97. The first-order chi connectivity index (χ1) is 11.7. The highest BCUT2D eigenvalue weighted by Gasteiger charge is 2.31. The van der Waals surface area contributed by atoms with Crippen LogP contribution in [0.3, 0.4) is 0 Å². The van der Waals surface area contributed by atoms with E-state index >= 15 is 0 Å². The van der Waals surface area contributed by atoms with Crippen LogP contribution in [-0.2, 0) is 15.6 Å². The van der Waals surface area contributed by atoms with Crippen LogP contribution >= 0.6 is 0 Å². The van der Waals surface area contributed by atoms with Crippen LogP contribution in [0.25, 0.3) is 0 Å². The van der Waals surface area contributed by atoms with Crippen molar-refractivity contribution in [3.05, 3.63) is 53.6 Å². The maximum absolute atomic E-state index is 12.8. The van der Waals surface area contributed by atoms with Gasteiger partial charge in [0.15, 0.2) is 11.5 Å². The van der Waals surface area contributed by atoms with Gasteiger partial charge >= 0.3 is 0 Å². The normalized spacial score (nSPS) is 13.6. The van der Waals surface area contributed by atoms with Gasteiger partial charge in [-0.15, -0.1) is 0 Å². The highest BCUT2D eigenvalue weighted by atomic mass is 16.7. The fourth-order valence-corrected chi connectivity index (χ4v) is 2.76. The number of benzene rings is 2. The van der Waals surface area contributed by atoms with Gasteiger partial charge in [-0.2, -0.15) is 0 Å². The lowest BCUT2D eigenvalue weighted by molar-refractivity contribution is -0.120. The van der Waals surface area contributed by atoms with E-state index in [1.807, 2.05) is 44.2 Å². The van der Waals surface area contributed by atoms with Gasteiger partial charge in [0.1, 0.15) is 0 Å². The summed E-state index contributed by atoms with van der Waals surface area (Å²) in [5.41, 5.74) is 2.32. The largest absolute Gasteiger partial charge is 0.454 e. The Bertz CT molecular complexity index is 786. The molecule has 0 aromatic heterocycles. The van der Waals surface area contributed by atoms with Crippen LogP contribution in [0.15, 0.2) is 42.5 Å². The maximum Gasteiger partial charge on any atom is 0.234 e. The second kappa shape index (κ2) is 6.10. The molecule has 3 rings (SSSR count). The lowest BCUT2D eigenvalue weighted by Gasteiger charge is -2.25. The van der Waals surface area contributed by atoms with E-state index < -0.39 is 5.41 Å². The number of hydrogen-bond acceptors (Lipinski definition) is 3. The van der Waals surface area contributed by atoms with Gasteiger partial charge < -0.3 is 14.8 Å². The smallest absolute Gasteiger partial charge is 0.234 e. The fourth-order valence-electron chi connectivity index (χ4n) is 2.76. The zero-order valence-corrected chi connectivity index (χ0v) is 15.5. The lowest BCUT2D eigenvalue weighted by atomic mass is 9.83. The van der Waals surface area contributed by atoms with Crippen molar-refractivity contribution in [2.45, 2.75) is 45.4 Å². The SMILES string of the molecule is CC(C)(C)c1ccc(NC(=O)C(C)(C)c2ccc3c(c2)OCO3)cc1. The number of fused-ring (bicyclic) bond motifs is 1. The van der Waals surface area contributed by atoms with Crippen LogP contribution in [0, 0.1) is 0 Å². The zero-order valence-electron chi connectivity index (χ0n) is 15.5. The van der Waals surface area contributed by atoms with E-state index in [2.05, 4.69) is 38.2 Å². The Balaban J connectivity index is 1.77. The summed E-state index contributed by atoms with van der Waals surface area (Å²) in [5, 5.41) is 3.02. The van der Waals surface area contributed by atoms with Crippen molar-refractivity contribution in [2.24, 2.45) is 0 Å². The van der Waals surface area contributed by atoms with Gasteiger partial charge in [-0.05, 0) is 54.7 Å². The standard InChI is InChI=1S/C21H25NO3/c1-20(2,3)14-6-9-16(10-7-14)22-19(23)21(4,5)15-8-11-17-18(12-15)25-13-24-17/h6-12H,13H2,1-5H3,(H,22,23). The quantitative estimate of drug-likeness (QED) is 0.887. The van der Waals surface area contributed by atoms with Crippen LogP contribution in [0.5, 0.6) is 11.5 Å². The minimum atomic E-state index is -0.691. The molecule has 0 aliphatic carbocycles. The topological polar surface area (TPSA) is 47.6 Å². The van der Waals surface area contributed by atoms with Gasteiger partial charge in [0.05, 0.1) is 5.41 Å². The summed E-state index contributed by atoms with van der Waals surface area (Å²) in [6, 6.07) is 13.7. The molecule has 0 spiro atoms. The van der Waals surface area contributed by atoms with E-state index in [9.17, 15) is 4.79 Å². The van der Waals surface area contributed by atoms with Crippen molar-refractivity contribution >= 4 is 11.6 Å². The second-order valence-corrected chi connectivity index (χ2v) is 7.97. The van der Waals surface area contributed by atoms with Crippen molar-refractivity contribution in [3.8, 4) is 11.5 Å². The molecule has 1 heterocycles. The van der Waals surface area contributed by atoms with Gasteiger partial charge in [0.25, 0.3) is 0 Å². The molecule has 0 bridgehead atoms. The number of nitrogens with one attached hydrogen (secondary N) is 1. The van der Waals surface area contributed by atoms with Gasteiger partial charge in [-0.1, -0.05) is 39.0 Å². The zero-order chi connectivity index (χ0) is 18.2. The molecule has 2 aromatic rings. The Hall–Kier alpha value is -2.49. The van der Waals surface area contributed by atoms with E-state index in [-0.39, 0.29) is 18.1 Å². The average Bonchev–Trinajstić information content (AvgIpc) is 3.02. The molecule has 1 amide bonds. The van der Waals surface area contributed by atoms with E-state index in [4.69, 9.17) is 9.47 Å². The van der Waals surface area contributed by atoms with Crippen molar-refractivity contribution in [3.63, 3.8) is 0 Å². The summed E-state index contributed by atoms with van der Waals surface area (Å²) in [4.78, 5) is 12.8. The van der Waals surface area contributed by atoms with Crippen LogP contribution < -0.4 is 14.8 Å². The molecule has 132 valence electrons. The highest BCUT2D eigenvalue weighted by molar-refractivity contribution is 5.98. The van der Waals surface area contributed by atoms with Crippen molar-refractivity contribution in [2.75, 3.05) is 12.1 Å². The molecule has 0 radical (unpaired) electrons. The number of ether oxygens (including phenoxy) is 2. The number of carbonyl (C=O) groups is 1. The summed E-state index contributed by atoms with van der Waals surface area (Å²) >= 11 is 0. The van der Waals surface area contributed by atoms with E-state index in [0.29, 0.717) is 5.75 Å². The summed E-state index contributed by atoms with van der Waals surface area (Å²) in [6.07, 6.45) is 0. The molecule has 0 saturated heterocycles. The first-order valence-corrected chi connectivity index (χ1v) is 8.50. The van der Waals surface area contributed by atoms with Crippen LogP contribution in [0.2, 0.25) is 0 Å². The highest BCUT2D eigenvalue weighted by Crippen LogP contribution is 2.37. The summed E-state index contributed by atoms with van der Waals surface area (Å²) < 4.78 is 10.8. The monoisotopic (exact) mass is 339 g/mol. The summed E-state index contributed by atoms with van der Waals surface area (Å²) in [7, 11) is 0. The Morgan fingerprint density at radius 3 is 2.12 bits per heavy atom. The van der Waals surface area contributed by atoms with E-state index in [1.54, 1.807) is 0 Å². The van der Waals surface area contributed by atoms with E-state index in [1.165, 1.54) is 5.56 Å². The van der Waals surface area contributed by atoms with E-state index in [0.717, 1.165) is 17.0 Å². The van der Waals surface area contributed by atoms with Crippen LogP contribution in [0.4, 0.5) is 5.69 Å². The van der Waals surface area contributed by atoms with Crippen LogP contribution in [-0.4, -0.2) is 12.7 Å². The third-order valence-corrected chi connectivity index (χ3v) is 4.67. The number of anilines is 1. The summed E-state index contributed by atoms with van der Waals surface area (Å²) in [5.74, 6) is 1.35. The molecule has 1 aliphatic rings. The predicted octanol–water partition coefficient (Wildman–Crippen LogP) is 4.63. The Kier molecular flexibility index (Phi) is 4.23. The molecule has 0 atom stereocenters. The first-order valence-electron chi connectivity index (χ1n) is 8.50. The molecule has 0 fully saturated rings. The number of rotatable bonds is 3. The fraction of sp³-hybridized carbons (Fsp3) is 0.381. The predicted molar refractivity (Wildman–Crippen MR) is 99.4 cm³/mol. The van der Waals surface area contributed by atoms with Gasteiger partial charge in [-0.3, -0.25) is 4.79 Å². The Labute approximate surface area is 149 Å². The van der Waals surface area contributed by atoms with Gasteiger partial charge in [-0.25, -0.2) is 0 Å². The lowest BCUT2D eigenvalue weighted by Crippen LogP contribution is -2.34. The molecule has 0 saturated carbocycles. The maximum atomic E-state index is 12.8. The third kappa shape index (κ3) is 3.48. The molecular weight excluding hydrogens is 314 g/mol. The first kappa shape index (κ1) is 17.3. The van der Waals surface area contributed by atoms with Crippen LogP contribution in [0.1, 0.15) is 45.7 Å². The molecular formula is C21H25NO3. The Morgan fingerprint density at radius 2 is 1.48 bits per heavy atom. The summed E-state index contributed by atoms with van der Waals surface area (Å²) in [6.45, 7) is 10.5. The number of hydrogen-bond donors (Lipinski definition) is 1. The molecule has 0 unspecified atom stereocenters. The Morgan fingerprint density at radius 1 is 0.880 bits per heavy atom. The number of amides is 1. The molecule has 2 aromatic carbocycles. The molecule has 1 aliphatic heterocycles. The average molecular weight is 339 g/mol. The molecule has 4 heteroatoms. The molecule has 1 N–H and O–H groups in total. The minimum Gasteiger partial charge on any atom is -0.454 e. The third-order valence-electron chi connectivity index (χ3n) is 4.67. The van der Waals surface area contributed by atoms with Crippen molar-refractivity contribution in [1.82, 2.24) is 0 Å². The van der Waals surface area contributed by atoms with Crippen molar-refractivity contribution < 1.29 is 14.3 Å².